The van der Waals surface area contributed by atoms with Gasteiger partial charge in [0.1, 0.15) is 5.82 Å². The van der Waals surface area contributed by atoms with Gasteiger partial charge in [-0.25, -0.2) is 4.39 Å². The quantitative estimate of drug-likeness (QED) is 0.795. The number of carbonyl (C=O) groups is 1. The standard InChI is InChI=1S/C23H25FN2O3/c1-15-8-21-22(29-14-28-21)10-18(15)12-25-7-3-5-17-11-26(13-20(17)25)23(27)16-4-2-6-19(24)9-16/h2,4,6,8-10,17,20H,3,5,7,11-14H2,1H3/t17-,20+/m1/s1. The van der Waals surface area contributed by atoms with Crippen molar-refractivity contribution in [1.82, 2.24) is 9.80 Å². The van der Waals surface area contributed by atoms with Crippen molar-refractivity contribution < 1.29 is 18.7 Å². The molecule has 152 valence electrons. The van der Waals surface area contributed by atoms with Crippen molar-refractivity contribution in [2.24, 2.45) is 5.92 Å². The first-order valence-corrected chi connectivity index (χ1v) is 10.3. The lowest BCUT2D eigenvalue weighted by Crippen LogP contribution is -2.44. The molecule has 0 bridgehead atoms. The van der Waals surface area contributed by atoms with Crippen molar-refractivity contribution in [1.29, 1.82) is 0 Å². The van der Waals surface area contributed by atoms with Crippen molar-refractivity contribution in [3.05, 3.63) is 58.9 Å². The molecule has 0 N–H and O–H groups in total. The number of rotatable bonds is 3. The van der Waals surface area contributed by atoms with Gasteiger partial charge in [0.25, 0.3) is 5.91 Å². The first kappa shape index (κ1) is 18.4. The van der Waals surface area contributed by atoms with Gasteiger partial charge in [-0.2, -0.15) is 0 Å². The van der Waals surface area contributed by atoms with E-state index in [4.69, 9.17) is 9.47 Å². The van der Waals surface area contributed by atoms with E-state index in [2.05, 4.69) is 17.9 Å². The molecule has 3 aliphatic rings. The number of halogens is 1. The zero-order chi connectivity index (χ0) is 20.0. The zero-order valence-electron chi connectivity index (χ0n) is 16.6. The smallest absolute Gasteiger partial charge is 0.254 e. The summed E-state index contributed by atoms with van der Waals surface area (Å²) in [6, 6.07) is 10.5. The predicted octanol–water partition coefficient (Wildman–Crippen LogP) is 3.60. The van der Waals surface area contributed by atoms with E-state index in [1.165, 1.54) is 23.3 Å². The second kappa shape index (κ2) is 7.34. The molecule has 2 atom stereocenters. The fraction of sp³-hybridized carbons (Fsp3) is 0.435. The SMILES string of the molecule is Cc1cc2c(cc1CN1CCC[C@@H]3CN(C(=O)c4cccc(F)c4)C[C@@H]31)OCO2. The highest BCUT2D eigenvalue weighted by Gasteiger charge is 2.41. The van der Waals surface area contributed by atoms with Gasteiger partial charge in [0.05, 0.1) is 0 Å². The van der Waals surface area contributed by atoms with Crippen LogP contribution in [0.2, 0.25) is 0 Å². The number of hydrogen-bond acceptors (Lipinski definition) is 4. The fourth-order valence-corrected chi connectivity index (χ4v) is 4.91. The molecule has 29 heavy (non-hydrogen) atoms. The zero-order valence-corrected chi connectivity index (χ0v) is 16.6. The highest BCUT2D eigenvalue weighted by atomic mass is 19.1. The van der Waals surface area contributed by atoms with Gasteiger partial charge in [-0.1, -0.05) is 6.07 Å². The Hall–Kier alpha value is -2.60. The summed E-state index contributed by atoms with van der Waals surface area (Å²) in [5.41, 5.74) is 2.87. The minimum absolute atomic E-state index is 0.0712. The van der Waals surface area contributed by atoms with Gasteiger partial charge in [-0.05, 0) is 73.7 Å². The number of fused-ring (bicyclic) bond motifs is 2. The summed E-state index contributed by atoms with van der Waals surface area (Å²) >= 11 is 0. The van der Waals surface area contributed by atoms with Gasteiger partial charge < -0.3 is 14.4 Å². The first-order valence-electron chi connectivity index (χ1n) is 10.3. The van der Waals surface area contributed by atoms with E-state index in [1.54, 1.807) is 12.1 Å². The first-order chi connectivity index (χ1) is 14.1. The van der Waals surface area contributed by atoms with Gasteiger partial charge in [0.2, 0.25) is 6.79 Å². The molecule has 2 aromatic rings. The van der Waals surface area contributed by atoms with E-state index >= 15 is 0 Å². The van der Waals surface area contributed by atoms with Crippen LogP contribution in [0.5, 0.6) is 11.5 Å². The monoisotopic (exact) mass is 396 g/mol. The van der Waals surface area contributed by atoms with Crippen LogP contribution < -0.4 is 9.47 Å². The van der Waals surface area contributed by atoms with Gasteiger partial charge in [0.15, 0.2) is 11.5 Å². The molecule has 2 saturated heterocycles. The molecule has 0 aliphatic carbocycles. The molecule has 0 radical (unpaired) electrons. The third kappa shape index (κ3) is 3.46. The Morgan fingerprint density at radius 1 is 1.17 bits per heavy atom. The number of nitrogens with zero attached hydrogens (tertiary/aromatic N) is 2. The summed E-state index contributed by atoms with van der Waals surface area (Å²) in [5, 5.41) is 0. The maximum atomic E-state index is 13.5. The van der Waals surface area contributed by atoms with Crippen LogP contribution in [-0.4, -0.2) is 48.2 Å². The highest BCUT2D eigenvalue weighted by Crippen LogP contribution is 2.37. The summed E-state index contributed by atoms with van der Waals surface area (Å²) < 4.78 is 24.6. The van der Waals surface area contributed by atoms with Crippen LogP contribution in [0.1, 0.15) is 34.3 Å². The summed E-state index contributed by atoms with van der Waals surface area (Å²) in [5.74, 6) is 1.66. The molecule has 1 amide bonds. The number of ether oxygens (including phenoxy) is 2. The Kier molecular flexibility index (Phi) is 4.66. The highest BCUT2D eigenvalue weighted by molar-refractivity contribution is 5.94. The molecular weight excluding hydrogens is 371 g/mol. The minimum Gasteiger partial charge on any atom is -0.454 e. The Balaban J connectivity index is 1.33. The van der Waals surface area contributed by atoms with Gasteiger partial charge in [0, 0.05) is 31.2 Å². The maximum Gasteiger partial charge on any atom is 0.254 e. The number of amides is 1. The van der Waals surface area contributed by atoms with Crippen molar-refractivity contribution in [2.45, 2.75) is 32.4 Å². The Bertz CT molecular complexity index is 948. The molecule has 3 aliphatic heterocycles. The molecule has 5 rings (SSSR count). The molecule has 0 aromatic heterocycles. The van der Waals surface area contributed by atoms with Gasteiger partial charge in [-0.15, -0.1) is 0 Å². The molecular formula is C23H25FN2O3. The second-order valence-electron chi connectivity index (χ2n) is 8.29. The van der Waals surface area contributed by atoms with Crippen LogP contribution in [0, 0.1) is 18.7 Å². The average Bonchev–Trinajstić information content (AvgIpc) is 3.34. The van der Waals surface area contributed by atoms with E-state index in [-0.39, 0.29) is 18.5 Å². The fourth-order valence-electron chi connectivity index (χ4n) is 4.91. The van der Waals surface area contributed by atoms with Crippen molar-refractivity contribution in [2.75, 3.05) is 26.4 Å². The number of piperidine rings is 1. The van der Waals surface area contributed by atoms with E-state index in [0.717, 1.165) is 44.0 Å². The molecule has 0 saturated carbocycles. The Labute approximate surface area is 170 Å². The van der Waals surface area contributed by atoms with Crippen LogP contribution in [-0.2, 0) is 6.54 Å². The van der Waals surface area contributed by atoms with Crippen LogP contribution in [0.3, 0.4) is 0 Å². The second-order valence-corrected chi connectivity index (χ2v) is 8.29. The van der Waals surface area contributed by atoms with Crippen LogP contribution in [0.4, 0.5) is 4.39 Å². The minimum atomic E-state index is -0.368. The lowest BCUT2D eigenvalue weighted by Gasteiger charge is -2.37. The number of carbonyl (C=O) groups excluding carboxylic acids is 1. The van der Waals surface area contributed by atoms with Crippen LogP contribution in [0.15, 0.2) is 36.4 Å². The number of hydrogen-bond donors (Lipinski definition) is 0. The van der Waals surface area contributed by atoms with E-state index in [9.17, 15) is 9.18 Å². The molecule has 5 nitrogen and oxygen atoms in total. The third-order valence-corrected chi connectivity index (χ3v) is 6.46. The van der Waals surface area contributed by atoms with Crippen LogP contribution >= 0.6 is 0 Å². The van der Waals surface area contributed by atoms with Crippen molar-refractivity contribution in [3.63, 3.8) is 0 Å². The molecule has 0 unspecified atom stereocenters. The molecule has 6 heteroatoms. The normalized spacial score (nSPS) is 23.3. The Morgan fingerprint density at radius 2 is 2.00 bits per heavy atom. The van der Waals surface area contributed by atoms with E-state index < -0.39 is 0 Å². The summed E-state index contributed by atoms with van der Waals surface area (Å²) in [6.45, 7) is 5.69. The largest absolute Gasteiger partial charge is 0.454 e. The van der Waals surface area contributed by atoms with Crippen molar-refractivity contribution in [3.8, 4) is 11.5 Å². The molecule has 0 spiro atoms. The van der Waals surface area contributed by atoms with Gasteiger partial charge in [-0.3, -0.25) is 9.69 Å². The molecule has 3 heterocycles. The predicted molar refractivity (Wildman–Crippen MR) is 107 cm³/mol. The summed E-state index contributed by atoms with van der Waals surface area (Å²) in [7, 11) is 0. The Morgan fingerprint density at radius 3 is 2.83 bits per heavy atom. The van der Waals surface area contributed by atoms with Crippen molar-refractivity contribution >= 4 is 5.91 Å². The van der Waals surface area contributed by atoms with Gasteiger partial charge >= 0.3 is 0 Å². The number of likely N-dealkylation sites (tertiary alicyclic amines) is 2. The average molecular weight is 396 g/mol. The molecule has 2 fully saturated rings. The number of aryl methyl sites for hydroxylation is 1. The van der Waals surface area contributed by atoms with Crippen LogP contribution in [0.25, 0.3) is 0 Å². The number of benzene rings is 2. The van der Waals surface area contributed by atoms with E-state index in [0.29, 0.717) is 24.1 Å². The third-order valence-electron chi connectivity index (χ3n) is 6.46. The molecule has 2 aromatic carbocycles. The lowest BCUT2D eigenvalue weighted by molar-refractivity contribution is 0.0774. The summed E-state index contributed by atoms with van der Waals surface area (Å²) in [4.78, 5) is 17.3. The topological polar surface area (TPSA) is 42.0 Å². The summed E-state index contributed by atoms with van der Waals surface area (Å²) in [6.07, 6.45) is 2.26. The van der Waals surface area contributed by atoms with E-state index in [1.807, 2.05) is 11.0 Å². The maximum absolute atomic E-state index is 13.5. The lowest BCUT2D eigenvalue weighted by atomic mass is 9.91.